The first-order valence-corrected chi connectivity index (χ1v) is 5.53. The summed E-state index contributed by atoms with van der Waals surface area (Å²) in [5.74, 6) is -0.470. The van der Waals surface area contributed by atoms with Crippen molar-refractivity contribution in [1.82, 2.24) is 4.90 Å². The fraction of sp³-hybridized carbons (Fsp3) is 0.417. The van der Waals surface area contributed by atoms with Crippen LogP contribution in [0, 0.1) is 0 Å². The number of carbonyl (C=O) groups excluding carboxylic acids is 1. The summed E-state index contributed by atoms with van der Waals surface area (Å²) < 4.78 is 42.8. The molecule has 1 rings (SSSR count). The number of hydrogen-bond acceptors (Lipinski definition) is 2. The van der Waals surface area contributed by atoms with Crippen molar-refractivity contribution in [2.24, 2.45) is 0 Å². The van der Waals surface area contributed by atoms with E-state index in [1.807, 2.05) is 0 Å². The molecule has 3 nitrogen and oxygen atoms in total. The van der Waals surface area contributed by atoms with Gasteiger partial charge < -0.3 is 9.64 Å². The van der Waals surface area contributed by atoms with Crippen molar-refractivity contribution in [2.75, 3.05) is 13.1 Å². The Morgan fingerprint density at radius 1 is 1.22 bits per heavy atom. The molecule has 0 saturated heterocycles. The Balaban J connectivity index is 2.95. The van der Waals surface area contributed by atoms with Crippen LogP contribution in [0.15, 0.2) is 24.3 Å². The van der Waals surface area contributed by atoms with Gasteiger partial charge in [0.1, 0.15) is 5.75 Å². The number of alkyl halides is 3. The van der Waals surface area contributed by atoms with Crippen LogP contribution in [0.2, 0.25) is 0 Å². The van der Waals surface area contributed by atoms with Gasteiger partial charge in [0.15, 0.2) is 0 Å². The van der Waals surface area contributed by atoms with E-state index in [-0.39, 0.29) is 0 Å². The number of rotatable bonds is 3. The van der Waals surface area contributed by atoms with Crippen LogP contribution in [0.3, 0.4) is 0 Å². The van der Waals surface area contributed by atoms with Crippen LogP contribution in [0.25, 0.3) is 0 Å². The number of amides is 1. The molecule has 100 valence electrons. The summed E-state index contributed by atoms with van der Waals surface area (Å²) in [6, 6.07) is 4.65. The Bertz CT molecular complexity index is 414. The molecule has 0 heterocycles. The first-order valence-electron chi connectivity index (χ1n) is 5.53. The van der Waals surface area contributed by atoms with Crippen LogP contribution in [0.5, 0.6) is 5.75 Å². The Hall–Kier alpha value is -1.72. The van der Waals surface area contributed by atoms with Gasteiger partial charge in [-0.05, 0) is 26.0 Å². The van der Waals surface area contributed by atoms with Gasteiger partial charge in [-0.25, -0.2) is 4.79 Å². The number of ether oxygens (including phenoxy) is 1. The predicted octanol–water partition coefficient (Wildman–Crippen LogP) is 3.55. The summed E-state index contributed by atoms with van der Waals surface area (Å²) in [5.41, 5.74) is -0.953. The van der Waals surface area contributed by atoms with E-state index >= 15 is 0 Å². The maximum atomic E-state index is 12.7. The highest BCUT2D eigenvalue weighted by Gasteiger charge is 2.34. The average molecular weight is 261 g/mol. The number of halogens is 3. The largest absolute Gasteiger partial charge is 0.419 e. The van der Waals surface area contributed by atoms with E-state index in [2.05, 4.69) is 0 Å². The van der Waals surface area contributed by atoms with Gasteiger partial charge in [0.05, 0.1) is 5.56 Å². The number of benzene rings is 1. The van der Waals surface area contributed by atoms with Crippen LogP contribution in [-0.2, 0) is 6.18 Å². The molecule has 0 aromatic heterocycles. The van der Waals surface area contributed by atoms with E-state index in [0.29, 0.717) is 13.1 Å². The van der Waals surface area contributed by atoms with Crippen LogP contribution in [0.4, 0.5) is 18.0 Å². The van der Waals surface area contributed by atoms with Crippen molar-refractivity contribution in [3.8, 4) is 5.75 Å². The third kappa shape index (κ3) is 3.38. The lowest BCUT2D eigenvalue weighted by Crippen LogP contribution is -2.33. The molecular weight excluding hydrogens is 247 g/mol. The summed E-state index contributed by atoms with van der Waals surface area (Å²) in [7, 11) is 0. The number of para-hydroxylation sites is 1. The molecule has 1 aromatic carbocycles. The lowest BCUT2D eigenvalue weighted by Gasteiger charge is -2.19. The smallest absolute Gasteiger partial charge is 0.410 e. The molecule has 0 aliphatic carbocycles. The predicted molar refractivity (Wildman–Crippen MR) is 60.4 cm³/mol. The Morgan fingerprint density at radius 3 is 2.28 bits per heavy atom. The topological polar surface area (TPSA) is 29.5 Å². The molecule has 0 fully saturated rings. The zero-order chi connectivity index (χ0) is 13.8. The molecule has 0 aliphatic heterocycles. The minimum absolute atomic E-state index is 0.378. The maximum Gasteiger partial charge on any atom is 0.419 e. The van der Waals surface area contributed by atoms with E-state index in [1.54, 1.807) is 13.8 Å². The molecule has 0 radical (unpaired) electrons. The second kappa shape index (κ2) is 5.75. The second-order valence-electron chi connectivity index (χ2n) is 3.53. The average Bonchev–Trinajstić information content (AvgIpc) is 2.30. The van der Waals surface area contributed by atoms with Gasteiger partial charge >= 0.3 is 12.3 Å². The molecule has 0 aliphatic rings. The van der Waals surface area contributed by atoms with Crippen molar-refractivity contribution in [2.45, 2.75) is 20.0 Å². The molecule has 6 heteroatoms. The molecule has 0 unspecified atom stereocenters. The lowest BCUT2D eigenvalue weighted by atomic mass is 10.2. The highest BCUT2D eigenvalue weighted by atomic mass is 19.4. The number of hydrogen-bond donors (Lipinski definition) is 0. The Labute approximate surface area is 103 Å². The van der Waals surface area contributed by atoms with Crippen molar-refractivity contribution < 1.29 is 22.7 Å². The number of nitrogens with zero attached hydrogens (tertiary/aromatic N) is 1. The SMILES string of the molecule is CCN(CC)C(=O)Oc1ccccc1C(F)(F)F. The molecular formula is C12H14F3NO2. The zero-order valence-corrected chi connectivity index (χ0v) is 10.1. The fourth-order valence-electron chi connectivity index (χ4n) is 1.43. The third-order valence-electron chi connectivity index (χ3n) is 2.41. The third-order valence-corrected chi connectivity index (χ3v) is 2.41. The van der Waals surface area contributed by atoms with E-state index in [0.717, 1.165) is 12.1 Å². The monoisotopic (exact) mass is 261 g/mol. The highest BCUT2D eigenvalue weighted by molar-refractivity contribution is 5.71. The van der Waals surface area contributed by atoms with Gasteiger partial charge in [-0.15, -0.1) is 0 Å². The first kappa shape index (κ1) is 14.3. The molecule has 1 amide bonds. The van der Waals surface area contributed by atoms with Crippen molar-refractivity contribution >= 4 is 6.09 Å². The van der Waals surface area contributed by atoms with E-state index < -0.39 is 23.6 Å². The normalized spacial score (nSPS) is 11.2. The summed E-state index contributed by atoms with van der Waals surface area (Å²) in [6.45, 7) is 4.20. The van der Waals surface area contributed by atoms with E-state index in [9.17, 15) is 18.0 Å². The van der Waals surface area contributed by atoms with Crippen molar-refractivity contribution in [3.05, 3.63) is 29.8 Å². The maximum absolute atomic E-state index is 12.7. The molecule has 0 bridgehead atoms. The first-order chi connectivity index (χ1) is 8.40. The summed E-state index contributed by atoms with van der Waals surface area (Å²) >= 11 is 0. The summed E-state index contributed by atoms with van der Waals surface area (Å²) in [6.07, 6.45) is -5.32. The van der Waals surface area contributed by atoms with Gasteiger partial charge in [0, 0.05) is 13.1 Å². The molecule has 1 aromatic rings. The fourth-order valence-corrected chi connectivity index (χ4v) is 1.43. The van der Waals surface area contributed by atoms with Crippen molar-refractivity contribution in [1.29, 1.82) is 0 Å². The Kier molecular flexibility index (Phi) is 4.58. The van der Waals surface area contributed by atoms with Gasteiger partial charge in [-0.1, -0.05) is 12.1 Å². The number of carbonyl (C=O) groups is 1. The minimum Gasteiger partial charge on any atom is -0.410 e. The van der Waals surface area contributed by atoms with Crippen LogP contribution in [0.1, 0.15) is 19.4 Å². The minimum atomic E-state index is -4.54. The van der Waals surface area contributed by atoms with Crippen LogP contribution < -0.4 is 4.74 Å². The summed E-state index contributed by atoms with van der Waals surface area (Å²) in [5, 5.41) is 0. The van der Waals surface area contributed by atoms with Crippen LogP contribution in [-0.4, -0.2) is 24.1 Å². The molecule has 0 saturated carbocycles. The van der Waals surface area contributed by atoms with Crippen LogP contribution >= 0.6 is 0 Å². The van der Waals surface area contributed by atoms with Gasteiger partial charge in [-0.3, -0.25) is 0 Å². The highest BCUT2D eigenvalue weighted by Crippen LogP contribution is 2.36. The van der Waals surface area contributed by atoms with E-state index in [4.69, 9.17) is 4.74 Å². The van der Waals surface area contributed by atoms with Gasteiger partial charge in [0.2, 0.25) is 0 Å². The Morgan fingerprint density at radius 2 is 1.78 bits per heavy atom. The van der Waals surface area contributed by atoms with Gasteiger partial charge in [0.25, 0.3) is 0 Å². The van der Waals surface area contributed by atoms with E-state index in [1.165, 1.54) is 17.0 Å². The standard InChI is InChI=1S/C12H14F3NO2/c1-3-16(4-2)11(17)18-10-8-6-5-7-9(10)12(13,14)15/h5-8H,3-4H2,1-2H3. The second-order valence-corrected chi connectivity index (χ2v) is 3.53. The molecule has 0 N–H and O–H groups in total. The molecule has 0 atom stereocenters. The zero-order valence-electron chi connectivity index (χ0n) is 10.1. The summed E-state index contributed by atoms with van der Waals surface area (Å²) in [4.78, 5) is 12.9. The molecule has 0 spiro atoms. The quantitative estimate of drug-likeness (QED) is 0.832. The molecule has 18 heavy (non-hydrogen) atoms. The van der Waals surface area contributed by atoms with Gasteiger partial charge in [-0.2, -0.15) is 13.2 Å². The van der Waals surface area contributed by atoms with Crippen molar-refractivity contribution in [3.63, 3.8) is 0 Å². The lowest BCUT2D eigenvalue weighted by molar-refractivity contribution is -0.138.